The SMILES string of the molecule is NCC1CCCCN1C(=O)c1nn(-c2ccc(F)cc2)cc1Br. The van der Waals surface area contributed by atoms with Gasteiger partial charge in [0, 0.05) is 25.3 Å². The first-order valence-corrected chi connectivity index (χ1v) is 8.41. The number of hydrogen-bond acceptors (Lipinski definition) is 3. The van der Waals surface area contributed by atoms with Gasteiger partial charge in [-0.05, 0) is 59.5 Å². The van der Waals surface area contributed by atoms with Crippen LogP contribution in [0, 0.1) is 5.82 Å². The molecule has 1 aromatic heterocycles. The molecule has 23 heavy (non-hydrogen) atoms. The number of amides is 1. The molecule has 1 amide bonds. The van der Waals surface area contributed by atoms with E-state index in [1.165, 1.54) is 12.1 Å². The number of piperidine rings is 1. The third-order valence-corrected chi connectivity index (χ3v) is 4.70. The average Bonchev–Trinajstić information content (AvgIpc) is 2.96. The number of carbonyl (C=O) groups excluding carboxylic acids is 1. The van der Waals surface area contributed by atoms with Crippen LogP contribution in [-0.4, -0.2) is 39.7 Å². The lowest BCUT2D eigenvalue weighted by Crippen LogP contribution is -2.47. The summed E-state index contributed by atoms with van der Waals surface area (Å²) >= 11 is 3.40. The second-order valence-electron chi connectivity index (χ2n) is 5.63. The number of benzene rings is 1. The number of nitrogens with two attached hydrogens (primary N) is 1. The van der Waals surface area contributed by atoms with Crippen molar-refractivity contribution in [2.24, 2.45) is 5.73 Å². The molecule has 0 aliphatic carbocycles. The Kier molecular flexibility index (Phi) is 4.77. The van der Waals surface area contributed by atoms with Gasteiger partial charge in [0.15, 0.2) is 5.69 Å². The first-order valence-electron chi connectivity index (χ1n) is 7.62. The van der Waals surface area contributed by atoms with Crippen LogP contribution in [0.2, 0.25) is 0 Å². The van der Waals surface area contributed by atoms with Crippen molar-refractivity contribution in [2.45, 2.75) is 25.3 Å². The van der Waals surface area contributed by atoms with E-state index in [2.05, 4.69) is 21.0 Å². The van der Waals surface area contributed by atoms with E-state index in [4.69, 9.17) is 5.73 Å². The standard InChI is InChI=1S/C16H18BrFN4O/c17-14-10-22(12-6-4-11(18)5-7-12)20-15(14)16(23)21-8-2-1-3-13(21)9-19/h4-7,10,13H,1-3,8-9,19H2. The Hall–Kier alpha value is -1.73. The van der Waals surface area contributed by atoms with Gasteiger partial charge in [-0.25, -0.2) is 9.07 Å². The predicted molar refractivity (Wildman–Crippen MR) is 89.0 cm³/mol. The van der Waals surface area contributed by atoms with E-state index in [-0.39, 0.29) is 17.8 Å². The number of aromatic nitrogens is 2. The average molecular weight is 381 g/mol. The monoisotopic (exact) mass is 380 g/mol. The van der Waals surface area contributed by atoms with Gasteiger partial charge in [0.2, 0.25) is 0 Å². The maximum Gasteiger partial charge on any atom is 0.275 e. The fraction of sp³-hybridized carbons (Fsp3) is 0.375. The third kappa shape index (κ3) is 3.30. The van der Waals surface area contributed by atoms with Gasteiger partial charge >= 0.3 is 0 Å². The third-order valence-electron chi connectivity index (χ3n) is 4.12. The Bertz CT molecular complexity index is 701. The molecular formula is C16H18BrFN4O. The summed E-state index contributed by atoms with van der Waals surface area (Å²) in [5.41, 5.74) is 6.84. The molecule has 2 N–H and O–H groups in total. The number of nitrogens with zero attached hydrogens (tertiary/aromatic N) is 3. The summed E-state index contributed by atoms with van der Waals surface area (Å²) in [6.45, 7) is 1.17. The zero-order valence-corrected chi connectivity index (χ0v) is 14.2. The van der Waals surface area contributed by atoms with E-state index in [9.17, 15) is 9.18 Å². The highest BCUT2D eigenvalue weighted by molar-refractivity contribution is 9.10. The predicted octanol–water partition coefficient (Wildman–Crippen LogP) is 2.73. The summed E-state index contributed by atoms with van der Waals surface area (Å²) in [7, 11) is 0. The second kappa shape index (κ2) is 6.80. The fourth-order valence-corrected chi connectivity index (χ4v) is 3.32. The number of rotatable bonds is 3. The number of halogens is 2. The molecule has 0 saturated carbocycles. The van der Waals surface area contributed by atoms with Gasteiger partial charge in [-0.15, -0.1) is 0 Å². The molecule has 0 bridgehead atoms. The molecule has 1 unspecified atom stereocenters. The van der Waals surface area contributed by atoms with Crippen LogP contribution in [0.1, 0.15) is 29.8 Å². The summed E-state index contributed by atoms with van der Waals surface area (Å²) in [5, 5.41) is 4.37. The minimum Gasteiger partial charge on any atom is -0.333 e. The van der Waals surface area contributed by atoms with Crippen LogP contribution in [0.15, 0.2) is 34.9 Å². The summed E-state index contributed by atoms with van der Waals surface area (Å²) in [4.78, 5) is 14.6. The maximum absolute atomic E-state index is 13.0. The molecule has 1 fully saturated rings. The molecule has 5 nitrogen and oxygen atoms in total. The van der Waals surface area contributed by atoms with E-state index in [0.717, 1.165) is 19.3 Å². The van der Waals surface area contributed by atoms with E-state index in [1.54, 1.807) is 23.0 Å². The normalized spacial score (nSPS) is 18.2. The summed E-state index contributed by atoms with van der Waals surface area (Å²) in [5.74, 6) is -0.428. The Morgan fingerprint density at radius 1 is 1.35 bits per heavy atom. The zero-order valence-electron chi connectivity index (χ0n) is 12.6. The van der Waals surface area contributed by atoms with Crippen LogP contribution in [0.4, 0.5) is 4.39 Å². The first kappa shape index (κ1) is 16.1. The van der Waals surface area contributed by atoms with Gasteiger partial charge in [0.05, 0.1) is 10.2 Å². The van der Waals surface area contributed by atoms with E-state index >= 15 is 0 Å². The van der Waals surface area contributed by atoms with E-state index in [0.29, 0.717) is 28.9 Å². The topological polar surface area (TPSA) is 64.2 Å². The van der Waals surface area contributed by atoms with E-state index < -0.39 is 0 Å². The van der Waals surface area contributed by atoms with Crippen LogP contribution < -0.4 is 5.73 Å². The number of hydrogen-bond donors (Lipinski definition) is 1. The largest absolute Gasteiger partial charge is 0.333 e. The Balaban J connectivity index is 1.88. The summed E-state index contributed by atoms with van der Waals surface area (Å²) in [6, 6.07) is 6.03. The molecule has 2 aromatic rings. The van der Waals surface area contributed by atoms with Crippen molar-refractivity contribution in [3.05, 3.63) is 46.4 Å². The van der Waals surface area contributed by atoms with Gasteiger partial charge in [0.1, 0.15) is 5.82 Å². The Morgan fingerprint density at radius 2 is 2.09 bits per heavy atom. The minimum atomic E-state index is -0.310. The lowest BCUT2D eigenvalue weighted by molar-refractivity contribution is 0.0616. The molecule has 0 spiro atoms. The van der Waals surface area contributed by atoms with Gasteiger partial charge in [0.25, 0.3) is 5.91 Å². The lowest BCUT2D eigenvalue weighted by Gasteiger charge is -2.34. The van der Waals surface area contributed by atoms with Crippen molar-refractivity contribution in [3.63, 3.8) is 0 Å². The summed E-state index contributed by atoms with van der Waals surface area (Å²) < 4.78 is 15.2. The molecule has 3 rings (SSSR count). The molecule has 1 atom stereocenters. The van der Waals surface area contributed by atoms with Crippen molar-refractivity contribution < 1.29 is 9.18 Å². The van der Waals surface area contributed by atoms with Crippen LogP contribution in [0.3, 0.4) is 0 Å². The highest BCUT2D eigenvalue weighted by atomic mass is 79.9. The molecule has 1 aliphatic heterocycles. The number of carbonyl (C=O) groups is 1. The van der Waals surface area contributed by atoms with Crippen LogP contribution >= 0.6 is 15.9 Å². The number of likely N-dealkylation sites (tertiary alicyclic amines) is 1. The molecule has 1 saturated heterocycles. The minimum absolute atomic E-state index is 0.0686. The Morgan fingerprint density at radius 3 is 2.78 bits per heavy atom. The van der Waals surface area contributed by atoms with Crippen molar-refractivity contribution in [2.75, 3.05) is 13.1 Å². The van der Waals surface area contributed by atoms with Gasteiger partial charge < -0.3 is 10.6 Å². The molecule has 1 aliphatic rings. The molecular weight excluding hydrogens is 363 g/mol. The fourth-order valence-electron chi connectivity index (χ4n) is 2.87. The first-order chi connectivity index (χ1) is 11.1. The molecule has 7 heteroatoms. The summed E-state index contributed by atoms with van der Waals surface area (Å²) in [6.07, 6.45) is 4.72. The van der Waals surface area contributed by atoms with Crippen LogP contribution in [-0.2, 0) is 0 Å². The molecule has 1 aromatic carbocycles. The zero-order chi connectivity index (χ0) is 16.4. The molecule has 0 radical (unpaired) electrons. The van der Waals surface area contributed by atoms with Crippen molar-refractivity contribution in [1.29, 1.82) is 0 Å². The molecule has 122 valence electrons. The Labute approximate surface area is 142 Å². The van der Waals surface area contributed by atoms with Gasteiger partial charge in [-0.3, -0.25) is 4.79 Å². The lowest BCUT2D eigenvalue weighted by atomic mass is 10.0. The van der Waals surface area contributed by atoms with E-state index in [1.807, 2.05) is 4.90 Å². The smallest absolute Gasteiger partial charge is 0.275 e. The van der Waals surface area contributed by atoms with Crippen LogP contribution in [0.5, 0.6) is 0 Å². The highest BCUT2D eigenvalue weighted by Crippen LogP contribution is 2.24. The van der Waals surface area contributed by atoms with Gasteiger partial charge in [-0.1, -0.05) is 0 Å². The van der Waals surface area contributed by atoms with Crippen molar-refractivity contribution in [1.82, 2.24) is 14.7 Å². The van der Waals surface area contributed by atoms with Crippen molar-refractivity contribution in [3.8, 4) is 5.69 Å². The van der Waals surface area contributed by atoms with Crippen LogP contribution in [0.25, 0.3) is 5.69 Å². The van der Waals surface area contributed by atoms with Gasteiger partial charge in [-0.2, -0.15) is 5.10 Å². The quantitative estimate of drug-likeness (QED) is 0.889. The maximum atomic E-state index is 13.0. The highest BCUT2D eigenvalue weighted by Gasteiger charge is 2.29. The molecule has 2 heterocycles. The second-order valence-corrected chi connectivity index (χ2v) is 6.48. The van der Waals surface area contributed by atoms with Crippen molar-refractivity contribution >= 4 is 21.8 Å².